The molecule has 1 N–H and O–H groups in total. The Morgan fingerprint density at radius 1 is 1.30 bits per heavy atom. The van der Waals surface area contributed by atoms with E-state index in [2.05, 4.69) is 5.32 Å². The Labute approximate surface area is 125 Å². The van der Waals surface area contributed by atoms with Crippen LogP contribution in [0.25, 0.3) is 0 Å². The van der Waals surface area contributed by atoms with Crippen molar-refractivity contribution < 1.29 is 14.3 Å². The quantitative estimate of drug-likeness (QED) is 0.751. The first-order valence-corrected chi connectivity index (χ1v) is 7.24. The van der Waals surface area contributed by atoms with E-state index in [-0.39, 0.29) is 11.9 Å². The van der Waals surface area contributed by atoms with Gasteiger partial charge in [-0.1, -0.05) is 13.0 Å². The molecule has 0 aliphatic rings. The van der Waals surface area contributed by atoms with Crippen molar-refractivity contribution in [3.05, 3.63) is 23.8 Å². The molecule has 20 heavy (non-hydrogen) atoms. The molecule has 0 heterocycles. The van der Waals surface area contributed by atoms with E-state index in [4.69, 9.17) is 21.1 Å². The molecular weight excluding hydrogens is 278 g/mol. The molecule has 5 heteroatoms. The molecule has 112 valence electrons. The van der Waals surface area contributed by atoms with Crippen LogP contribution in [-0.2, 0) is 11.2 Å². The van der Waals surface area contributed by atoms with E-state index in [9.17, 15) is 4.79 Å². The van der Waals surface area contributed by atoms with Gasteiger partial charge in [0.1, 0.15) is 0 Å². The number of alkyl halides is 1. The Kier molecular flexibility index (Phi) is 7.23. The van der Waals surface area contributed by atoms with Crippen LogP contribution in [0, 0.1) is 0 Å². The van der Waals surface area contributed by atoms with Crippen molar-refractivity contribution in [3.63, 3.8) is 0 Å². The minimum atomic E-state index is -0.00538. The number of ether oxygens (including phenoxy) is 2. The lowest BCUT2D eigenvalue weighted by Gasteiger charge is -2.16. The van der Waals surface area contributed by atoms with Crippen LogP contribution < -0.4 is 14.8 Å². The zero-order valence-corrected chi connectivity index (χ0v) is 13.0. The Bertz CT molecular complexity index is 437. The molecule has 1 rings (SSSR count). The normalized spacial score (nSPS) is 11.8. The first kappa shape index (κ1) is 16.6. The fourth-order valence-corrected chi connectivity index (χ4v) is 2.23. The van der Waals surface area contributed by atoms with Crippen LogP contribution in [0.2, 0.25) is 0 Å². The average Bonchev–Trinajstić information content (AvgIpc) is 2.46. The highest BCUT2D eigenvalue weighted by molar-refractivity contribution is 6.17. The van der Waals surface area contributed by atoms with E-state index in [1.54, 1.807) is 20.3 Å². The van der Waals surface area contributed by atoms with Gasteiger partial charge in [0, 0.05) is 11.9 Å². The predicted molar refractivity (Wildman–Crippen MR) is 80.8 cm³/mol. The second kappa shape index (κ2) is 8.69. The number of halogens is 1. The van der Waals surface area contributed by atoms with Gasteiger partial charge in [-0.25, -0.2) is 0 Å². The Hall–Kier alpha value is -1.42. The number of rotatable bonds is 8. The van der Waals surface area contributed by atoms with Crippen LogP contribution >= 0.6 is 11.6 Å². The van der Waals surface area contributed by atoms with E-state index in [1.165, 1.54) is 0 Å². The van der Waals surface area contributed by atoms with Gasteiger partial charge in [-0.15, -0.1) is 11.6 Å². The summed E-state index contributed by atoms with van der Waals surface area (Å²) in [5.41, 5.74) is 0.890. The summed E-state index contributed by atoms with van der Waals surface area (Å²) in [6, 6.07) is 5.63. The summed E-state index contributed by atoms with van der Waals surface area (Å²) in [4.78, 5) is 12.0. The molecule has 1 unspecified atom stereocenters. The highest BCUT2D eigenvalue weighted by Gasteiger charge is 2.12. The molecule has 0 saturated heterocycles. The van der Waals surface area contributed by atoms with E-state index < -0.39 is 0 Å². The van der Waals surface area contributed by atoms with Crippen LogP contribution in [0.4, 0.5) is 0 Å². The van der Waals surface area contributed by atoms with Gasteiger partial charge in [-0.2, -0.15) is 0 Å². The van der Waals surface area contributed by atoms with Gasteiger partial charge in [-0.05, 0) is 30.5 Å². The molecule has 0 fully saturated rings. The minimum absolute atomic E-state index is 0.00538. The Balaban J connectivity index is 2.66. The molecule has 0 aliphatic heterocycles. The molecule has 0 spiro atoms. The fourth-order valence-electron chi connectivity index (χ4n) is 1.96. The monoisotopic (exact) mass is 299 g/mol. The van der Waals surface area contributed by atoms with Crippen molar-refractivity contribution in [1.82, 2.24) is 5.32 Å². The molecule has 1 aromatic carbocycles. The Morgan fingerprint density at radius 3 is 2.55 bits per heavy atom. The summed E-state index contributed by atoms with van der Waals surface area (Å²) >= 11 is 5.71. The van der Waals surface area contributed by atoms with Crippen molar-refractivity contribution in [2.45, 2.75) is 32.2 Å². The molecular formula is C15H22ClNO3. The van der Waals surface area contributed by atoms with E-state index in [0.717, 1.165) is 18.4 Å². The lowest BCUT2D eigenvalue weighted by molar-refractivity contribution is -0.121. The third-order valence-corrected chi connectivity index (χ3v) is 3.35. The summed E-state index contributed by atoms with van der Waals surface area (Å²) in [6.45, 7) is 2.04. The lowest BCUT2D eigenvalue weighted by atomic mass is 10.1. The third kappa shape index (κ3) is 4.93. The van der Waals surface area contributed by atoms with E-state index in [1.807, 2.05) is 19.1 Å². The van der Waals surface area contributed by atoms with Gasteiger partial charge in [0.05, 0.1) is 20.6 Å². The van der Waals surface area contributed by atoms with Gasteiger partial charge in [0.2, 0.25) is 5.91 Å². The average molecular weight is 300 g/mol. The summed E-state index contributed by atoms with van der Waals surface area (Å²) in [5.74, 6) is 1.83. The second-order valence-corrected chi connectivity index (χ2v) is 4.89. The number of nitrogens with one attached hydrogen (secondary N) is 1. The number of hydrogen-bond acceptors (Lipinski definition) is 3. The fraction of sp³-hybridized carbons (Fsp3) is 0.533. The lowest BCUT2D eigenvalue weighted by Crippen LogP contribution is -2.35. The molecule has 0 radical (unpaired) electrons. The van der Waals surface area contributed by atoms with Crippen molar-refractivity contribution in [2.75, 3.05) is 20.1 Å². The molecule has 1 aromatic rings. The highest BCUT2D eigenvalue weighted by atomic mass is 35.5. The SMILES string of the molecule is CCC(CCCl)NC(=O)Cc1ccc(OC)c(OC)c1. The smallest absolute Gasteiger partial charge is 0.224 e. The van der Waals surface area contributed by atoms with Gasteiger partial charge < -0.3 is 14.8 Å². The van der Waals surface area contributed by atoms with Gasteiger partial charge in [-0.3, -0.25) is 4.79 Å². The van der Waals surface area contributed by atoms with E-state index in [0.29, 0.717) is 23.8 Å². The first-order chi connectivity index (χ1) is 9.64. The van der Waals surface area contributed by atoms with Gasteiger partial charge in [0.15, 0.2) is 11.5 Å². The largest absolute Gasteiger partial charge is 0.493 e. The standard InChI is InChI=1S/C15H22ClNO3/c1-4-12(7-8-16)17-15(18)10-11-5-6-13(19-2)14(9-11)20-3/h5-6,9,12H,4,7-8,10H2,1-3H3,(H,17,18). The van der Waals surface area contributed by atoms with Crippen LogP contribution in [0.15, 0.2) is 18.2 Å². The number of carbonyl (C=O) groups excluding carboxylic acids is 1. The van der Waals surface area contributed by atoms with Crippen molar-refractivity contribution in [2.24, 2.45) is 0 Å². The van der Waals surface area contributed by atoms with Crippen molar-refractivity contribution in [1.29, 1.82) is 0 Å². The Morgan fingerprint density at radius 2 is 2.00 bits per heavy atom. The van der Waals surface area contributed by atoms with Crippen LogP contribution in [0.3, 0.4) is 0 Å². The molecule has 4 nitrogen and oxygen atoms in total. The second-order valence-electron chi connectivity index (χ2n) is 4.52. The predicted octanol–water partition coefficient (Wildman–Crippen LogP) is 2.77. The molecule has 0 bridgehead atoms. The highest BCUT2D eigenvalue weighted by Crippen LogP contribution is 2.27. The maximum atomic E-state index is 12.0. The van der Waals surface area contributed by atoms with Crippen LogP contribution in [-0.4, -0.2) is 32.0 Å². The third-order valence-electron chi connectivity index (χ3n) is 3.13. The molecule has 0 aliphatic carbocycles. The number of hydrogen-bond donors (Lipinski definition) is 1. The van der Waals surface area contributed by atoms with Gasteiger partial charge in [0.25, 0.3) is 0 Å². The maximum absolute atomic E-state index is 12.0. The summed E-state index contributed by atoms with van der Waals surface area (Å²) in [5, 5.41) is 2.99. The maximum Gasteiger partial charge on any atom is 0.224 e. The number of methoxy groups -OCH3 is 2. The van der Waals surface area contributed by atoms with E-state index >= 15 is 0 Å². The first-order valence-electron chi connectivity index (χ1n) is 6.70. The number of amides is 1. The zero-order chi connectivity index (χ0) is 15.0. The number of benzene rings is 1. The van der Waals surface area contributed by atoms with Crippen LogP contribution in [0.5, 0.6) is 11.5 Å². The summed E-state index contributed by atoms with van der Waals surface area (Å²) in [6.07, 6.45) is 1.99. The molecule has 1 atom stereocenters. The van der Waals surface area contributed by atoms with Crippen molar-refractivity contribution >= 4 is 17.5 Å². The summed E-state index contributed by atoms with van der Waals surface area (Å²) < 4.78 is 10.4. The van der Waals surface area contributed by atoms with Crippen LogP contribution in [0.1, 0.15) is 25.3 Å². The molecule has 1 amide bonds. The van der Waals surface area contributed by atoms with Crippen molar-refractivity contribution in [3.8, 4) is 11.5 Å². The minimum Gasteiger partial charge on any atom is -0.493 e. The molecule has 0 aromatic heterocycles. The molecule has 0 saturated carbocycles. The zero-order valence-electron chi connectivity index (χ0n) is 12.2. The van der Waals surface area contributed by atoms with Gasteiger partial charge >= 0.3 is 0 Å². The topological polar surface area (TPSA) is 47.6 Å². The number of carbonyl (C=O) groups is 1. The summed E-state index contributed by atoms with van der Waals surface area (Å²) in [7, 11) is 3.16.